The van der Waals surface area contributed by atoms with E-state index in [1.54, 1.807) is 0 Å². The number of rotatable bonds is 7. The van der Waals surface area contributed by atoms with Gasteiger partial charge in [0, 0.05) is 10.1 Å². The van der Waals surface area contributed by atoms with Crippen molar-refractivity contribution in [3.8, 4) is 0 Å². The van der Waals surface area contributed by atoms with Gasteiger partial charge in [-0.2, -0.15) is 0 Å². The number of ether oxygens (including phenoxy) is 2. The Morgan fingerprint density at radius 1 is 1.33 bits per heavy atom. The van der Waals surface area contributed by atoms with Crippen LogP contribution in [0, 0.1) is 0 Å². The van der Waals surface area contributed by atoms with Crippen LogP contribution in [0.1, 0.15) is 34.8 Å². The van der Waals surface area contributed by atoms with E-state index < -0.39 is 34.8 Å². The summed E-state index contributed by atoms with van der Waals surface area (Å²) in [5, 5.41) is 7.29. The highest BCUT2D eigenvalue weighted by Crippen LogP contribution is 2.30. The van der Waals surface area contributed by atoms with Gasteiger partial charge < -0.3 is 15.2 Å². The van der Waals surface area contributed by atoms with Crippen molar-refractivity contribution in [3.05, 3.63) is 45.8 Å². The minimum Gasteiger partial charge on any atom is -0.464 e. The fourth-order valence-corrected chi connectivity index (χ4v) is 2.40. The average Bonchev–Trinajstić information content (AvgIpc) is 2.99. The number of nitrogens with two attached hydrogens (primary N) is 1. The Balaban J connectivity index is 3.50. The summed E-state index contributed by atoms with van der Waals surface area (Å²) < 4.78 is 38.2. The first-order valence-corrected chi connectivity index (χ1v) is 8.23. The molecule has 0 saturated carbocycles. The van der Waals surface area contributed by atoms with E-state index in [9.17, 15) is 18.4 Å². The number of methoxy groups -OCH3 is 2. The molecule has 0 bridgehead atoms. The van der Waals surface area contributed by atoms with Crippen molar-refractivity contribution in [1.29, 1.82) is 0 Å². The Kier molecular flexibility index (Phi) is 7.55. The Bertz CT molecular complexity index is 826. The van der Waals surface area contributed by atoms with E-state index in [0.717, 1.165) is 25.8 Å². The van der Waals surface area contributed by atoms with Crippen LogP contribution in [-0.2, 0) is 16.0 Å². The summed E-state index contributed by atoms with van der Waals surface area (Å²) in [4.78, 5) is 23.8. The Morgan fingerprint density at radius 2 is 1.89 bits per heavy atom. The number of nitrogens with zero attached hydrogens (tertiary/aromatic N) is 3. The van der Waals surface area contributed by atoms with Crippen LogP contribution in [0.4, 0.5) is 8.78 Å². The summed E-state index contributed by atoms with van der Waals surface area (Å²) in [6, 6.07) is 0. The minimum atomic E-state index is -1.57. The first-order valence-electron chi connectivity index (χ1n) is 7.44. The number of carbonyl (C=O) groups is 2. The van der Waals surface area contributed by atoms with Crippen molar-refractivity contribution in [2.45, 2.75) is 25.9 Å². The van der Waals surface area contributed by atoms with Gasteiger partial charge in [-0.05, 0) is 19.9 Å². The van der Waals surface area contributed by atoms with Crippen molar-refractivity contribution in [3.63, 3.8) is 0 Å². The highest BCUT2D eigenvalue weighted by atomic mass is 79.9. The van der Waals surface area contributed by atoms with Gasteiger partial charge in [-0.15, -0.1) is 5.10 Å². The third kappa shape index (κ3) is 5.30. The lowest BCUT2D eigenvalue weighted by Crippen LogP contribution is -2.44. The zero-order valence-corrected chi connectivity index (χ0v) is 16.8. The topological polar surface area (TPSA) is 109 Å². The molecule has 0 aliphatic heterocycles. The van der Waals surface area contributed by atoms with Crippen molar-refractivity contribution in [1.82, 2.24) is 15.0 Å². The van der Waals surface area contributed by atoms with Crippen LogP contribution < -0.4 is 5.73 Å². The molecule has 0 fully saturated rings. The quantitative estimate of drug-likeness (QED) is 0.504. The van der Waals surface area contributed by atoms with Crippen LogP contribution in [0.2, 0.25) is 0 Å². The van der Waals surface area contributed by atoms with Crippen molar-refractivity contribution in [2.75, 3.05) is 14.2 Å². The maximum absolute atomic E-state index is 14.3. The number of carbonyl (C=O) groups excluding carboxylic acids is 2. The average molecular weight is 449 g/mol. The van der Waals surface area contributed by atoms with Crippen LogP contribution in [0.15, 0.2) is 34.4 Å². The third-order valence-electron chi connectivity index (χ3n) is 3.43. The lowest BCUT2D eigenvalue weighted by molar-refractivity contribution is 0.0542. The molecule has 0 spiro atoms. The maximum Gasteiger partial charge on any atom is 0.361 e. The molecule has 1 heterocycles. The van der Waals surface area contributed by atoms with Gasteiger partial charge in [-0.1, -0.05) is 27.7 Å². The van der Waals surface area contributed by atoms with E-state index in [1.165, 1.54) is 13.0 Å². The van der Waals surface area contributed by atoms with E-state index in [-0.39, 0.29) is 22.3 Å². The summed E-state index contributed by atoms with van der Waals surface area (Å²) in [6.07, 6.45) is 1.20. The molecule has 0 unspecified atom stereocenters. The van der Waals surface area contributed by atoms with Gasteiger partial charge in [0.25, 0.3) is 0 Å². The minimum absolute atomic E-state index is 0.240. The van der Waals surface area contributed by atoms with Gasteiger partial charge in [0.15, 0.2) is 11.5 Å². The fourth-order valence-electron chi connectivity index (χ4n) is 2.17. The first kappa shape index (κ1) is 22.6. The lowest BCUT2D eigenvalue weighted by Gasteiger charge is -2.27. The molecule has 0 aromatic carbocycles. The van der Waals surface area contributed by atoms with E-state index in [0.29, 0.717) is 0 Å². The molecular formula is C16H19BrF2N4O4. The third-order valence-corrected chi connectivity index (χ3v) is 3.65. The fraction of sp³-hybridized carbons (Fsp3) is 0.375. The van der Waals surface area contributed by atoms with Crippen LogP contribution >= 0.6 is 15.9 Å². The standard InChI is InChI=1S/C16H19BrF2N4O4/c1-8(17)6-10(11(19)9(2)18)16(3,20)7-23-13(15(25)27-5)12(21-22-23)14(24)26-4/h6H,1,7,20H2,2-5H3/b10-6+,11-9-/t16-/m0/s1. The smallest absolute Gasteiger partial charge is 0.361 e. The molecule has 2 N–H and O–H groups in total. The predicted octanol–water partition coefficient (Wildman–Crippen LogP) is 2.57. The van der Waals surface area contributed by atoms with Gasteiger partial charge in [-0.3, -0.25) is 0 Å². The number of hydrogen-bond acceptors (Lipinski definition) is 7. The van der Waals surface area contributed by atoms with E-state index in [2.05, 4.69) is 42.3 Å². The molecule has 1 aromatic heterocycles. The zero-order chi connectivity index (χ0) is 20.9. The summed E-state index contributed by atoms with van der Waals surface area (Å²) in [7, 11) is 2.19. The molecule has 0 radical (unpaired) electrons. The van der Waals surface area contributed by atoms with Crippen molar-refractivity contribution in [2.24, 2.45) is 5.73 Å². The van der Waals surface area contributed by atoms with Crippen molar-refractivity contribution < 1.29 is 27.8 Å². The number of esters is 2. The molecule has 8 nitrogen and oxygen atoms in total. The molecule has 1 rings (SSSR count). The molecular weight excluding hydrogens is 430 g/mol. The molecule has 0 aliphatic rings. The monoisotopic (exact) mass is 448 g/mol. The van der Waals surface area contributed by atoms with Crippen LogP contribution in [0.3, 0.4) is 0 Å². The second-order valence-corrected chi connectivity index (χ2v) is 6.72. The highest BCUT2D eigenvalue weighted by Gasteiger charge is 2.34. The number of allylic oxidation sites excluding steroid dienone is 3. The van der Waals surface area contributed by atoms with Gasteiger partial charge in [0.1, 0.15) is 5.83 Å². The summed E-state index contributed by atoms with van der Waals surface area (Å²) >= 11 is 3.04. The van der Waals surface area contributed by atoms with E-state index in [1.807, 2.05) is 0 Å². The van der Waals surface area contributed by atoms with Crippen LogP contribution in [0.5, 0.6) is 0 Å². The van der Waals surface area contributed by atoms with Crippen LogP contribution in [0.25, 0.3) is 0 Å². The normalized spacial score (nSPS) is 14.9. The summed E-state index contributed by atoms with van der Waals surface area (Å²) in [6.45, 7) is 5.54. The Morgan fingerprint density at radius 3 is 2.33 bits per heavy atom. The zero-order valence-electron chi connectivity index (χ0n) is 15.2. The van der Waals surface area contributed by atoms with Gasteiger partial charge in [-0.25, -0.2) is 23.1 Å². The molecule has 27 heavy (non-hydrogen) atoms. The second-order valence-electron chi connectivity index (χ2n) is 5.70. The van der Waals surface area contributed by atoms with E-state index in [4.69, 9.17) is 5.73 Å². The molecule has 1 aromatic rings. The molecule has 0 amide bonds. The lowest BCUT2D eigenvalue weighted by atomic mass is 9.90. The van der Waals surface area contributed by atoms with Gasteiger partial charge >= 0.3 is 11.9 Å². The number of aromatic nitrogens is 3. The Labute approximate surface area is 162 Å². The highest BCUT2D eigenvalue weighted by molar-refractivity contribution is 9.11. The van der Waals surface area contributed by atoms with E-state index >= 15 is 0 Å². The SMILES string of the molecule is C=C(Br)/C=C(\C(F)=C(/C)F)[C@@](C)(N)Cn1nnc(C(=O)OC)c1C(=O)OC. The first-order chi connectivity index (χ1) is 12.5. The molecule has 148 valence electrons. The summed E-state index contributed by atoms with van der Waals surface area (Å²) in [5.41, 5.74) is 3.64. The summed E-state index contributed by atoms with van der Waals surface area (Å²) in [5.74, 6) is -4.12. The maximum atomic E-state index is 14.3. The number of hydrogen-bond donors (Lipinski definition) is 1. The molecule has 1 atom stereocenters. The predicted molar refractivity (Wildman–Crippen MR) is 96.4 cm³/mol. The number of halogens is 3. The van der Waals surface area contributed by atoms with Gasteiger partial charge in [0.05, 0.1) is 26.3 Å². The molecule has 0 saturated heterocycles. The van der Waals surface area contributed by atoms with Gasteiger partial charge in [0.2, 0.25) is 5.69 Å². The molecule has 11 heteroatoms. The Hall–Kier alpha value is -2.40. The largest absolute Gasteiger partial charge is 0.464 e. The van der Waals surface area contributed by atoms with Crippen LogP contribution in [-0.4, -0.2) is 46.7 Å². The second kappa shape index (κ2) is 9.00. The molecule has 0 aliphatic carbocycles. The van der Waals surface area contributed by atoms with Crippen molar-refractivity contribution >= 4 is 27.9 Å².